The number of piperazine rings is 1. The molecule has 1 N–H and O–H groups in total. The monoisotopic (exact) mass is 415 g/mol. The molecule has 2 amide bonds. The molecule has 7 heteroatoms. The topological polar surface area (TPSA) is 73.3 Å². The van der Waals surface area contributed by atoms with Gasteiger partial charge in [0.1, 0.15) is 11.4 Å². The summed E-state index contributed by atoms with van der Waals surface area (Å²) in [4.78, 5) is 32.2. The summed E-state index contributed by atoms with van der Waals surface area (Å²) in [5, 5.41) is 9.18. The molecule has 0 saturated carbocycles. The first-order valence-electron chi connectivity index (χ1n) is 11.0. The molecule has 30 heavy (non-hydrogen) atoms. The number of aliphatic hydroxyl groups excluding tert-OH is 1. The van der Waals surface area contributed by atoms with Gasteiger partial charge in [-0.3, -0.25) is 19.4 Å². The lowest BCUT2D eigenvalue weighted by Gasteiger charge is -2.36. The van der Waals surface area contributed by atoms with E-state index >= 15 is 0 Å². The summed E-state index contributed by atoms with van der Waals surface area (Å²) in [6.07, 6.45) is 2.85. The third-order valence-corrected chi connectivity index (χ3v) is 5.69. The number of amides is 2. The highest BCUT2D eigenvalue weighted by atomic mass is 16.5. The number of unbranched alkanes of at least 4 members (excludes halogenated alkanes) is 2. The van der Waals surface area contributed by atoms with Gasteiger partial charge in [-0.25, -0.2) is 0 Å². The number of nitrogens with zero attached hydrogens (tertiary/aromatic N) is 3. The SMILES string of the molecule is CCCCCN1C(=O)C(c2ccc(OCC)cc2)=C(N2CCN(CCO)CC2)C1=O. The van der Waals surface area contributed by atoms with Crippen molar-refractivity contribution in [1.82, 2.24) is 14.7 Å². The standard InChI is InChI=1S/C23H33N3O4/c1-3-5-6-11-26-22(28)20(18-7-9-19(10-8-18)30-4-2)21(23(26)29)25-14-12-24(13-15-25)16-17-27/h7-10,27H,3-6,11-17H2,1-2H3. The van der Waals surface area contributed by atoms with Crippen molar-refractivity contribution in [2.75, 3.05) is 52.5 Å². The van der Waals surface area contributed by atoms with Gasteiger partial charge in [0.05, 0.1) is 18.8 Å². The Bertz CT molecular complexity index is 767. The Kier molecular flexibility index (Phi) is 7.87. The highest BCUT2D eigenvalue weighted by Crippen LogP contribution is 2.33. The zero-order chi connectivity index (χ0) is 21.5. The molecule has 0 aromatic heterocycles. The van der Waals surface area contributed by atoms with Gasteiger partial charge in [-0.05, 0) is 31.0 Å². The van der Waals surface area contributed by atoms with Gasteiger partial charge in [0.2, 0.25) is 0 Å². The number of hydrogen-bond donors (Lipinski definition) is 1. The number of aliphatic hydroxyl groups is 1. The number of carbonyl (C=O) groups is 2. The molecule has 3 rings (SSSR count). The van der Waals surface area contributed by atoms with Crippen molar-refractivity contribution >= 4 is 17.4 Å². The van der Waals surface area contributed by atoms with Crippen molar-refractivity contribution in [2.45, 2.75) is 33.1 Å². The van der Waals surface area contributed by atoms with Gasteiger partial charge in [-0.2, -0.15) is 0 Å². The molecular weight excluding hydrogens is 382 g/mol. The number of β-amino-alcohol motifs (C(OH)–C–C–N with tert-alkyl or cyclic N) is 1. The molecular formula is C23H33N3O4. The first kappa shape index (κ1) is 22.3. The van der Waals surface area contributed by atoms with Crippen LogP contribution >= 0.6 is 0 Å². The molecule has 7 nitrogen and oxygen atoms in total. The minimum atomic E-state index is -0.201. The van der Waals surface area contributed by atoms with E-state index in [1.54, 1.807) is 0 Å². The van der Waals surface area contributed by atoms with Crippen molar-refractivity contribution in [1.29, 1.82) is 0 Å². The predicted molar refractivity (Wildman–Crippen MR) is 116 cm³/mol. The number of carbonyl (C=O) groups excluding carboxylic acids is 2. The van der Waals surface area contributed by atoms with E-state index in [1.807, 2.05) is 36.1 Å². The fourth-order valence-electron chi connectivity index (χ4n) is 4.06. The van der Waals surface area contributed by atoms with Crippen LogP contribution in [0.25, 0.3) is 5.57 Å². The molecule has 1 aromatic rings. The van der Waals surface area contributed by atoms with E-state index < -0.39 is 0 Å². The Balaban J connectivity index is 1.89. The van der Waals surface area contributed by atoms with Crippen LogP contribution in [0, 0.1) is 0 Å². The lowest BCUT2D eigenvalue weighted by atomic mass is 10.0. The molecule has 2 aliphatic rings. The average Bonchev–Trinajstić information content (AvgIpc) is 3.00. The smallest absolute Gasteiger partial charge is 0.277 e. The van der Waals surface area contributed by atoms with Crippen LogP contribution < -0.4 is 4.74 Å². The summed E-state index contributed by atoms with van der Waals surface area (Å²) in [6.45, 7) is 8.68. The molecule has 2 heterocycles. The molecule has 1 saturated heterocycles. The summed E-state index contributed by atoms with van der Waals surface area (Å²) in [7, 11) is 0. The minimum absolute atomic E-state index is 0.128. The quantitative estimate of drug-likeness (QED) is 0.465. The molecule has 164 valence electrons. The Labute approximate surface area is 178 Å². The summed E-state index contributed by atoms with van der Waals surface area (Å²) in [5.74, 6) is 0.362. The van der Waals surface area contributed by atoms with Gasteiger partial charge in [0.25, 0.3) is 11.8 Å². The van der Waals surface area contributed by atoms with E-state index in [9.17, 15) is 14.7 Å². The van der Waals surface area contributed by atoms with Crippen LogP contribution in [-0.4, -0.2) is 84.1 Å². The number of benzene rings is 1. The summed E-state index contributed by atoms with van der Waals surface area (Å²) in [6, 6.07) is 7.42. The first-order chi connectivity index (χ1) is 14.6. The van der Waals surface area contributed by atoms with Crippen LogP contribution in [0.15, 0.2) is 30.0 Å². The number of rotatable bonds is 10. The number of hydrogen-bond acceptors (Lipinski definition) is 6. The maximum Gasteiger partial charge on any atom is 0.277 e. The van der Waals surface area contributed by atoms with Crippen LogP contribution in [-0.2, 0) is 9.59 Å². The van der Waals surface area contributed by atoms with E-state index in [1.165, 1.54) is 4.90 Å². The molecule has 0 atom stereocenters. The molecule has 1 aromatic carbocycles. The van der Waals surface area contributed by atoms with Gasteiger partial charge in [0.15, 0.2) is 0 Å². The molecule has 0 radical (unpaired) electrons. The van der Waals surface area contributed by atoms with Gasteiger partial charge >= 0.3 is 0 Å². The highest BCUT2D eigenvalue weighted by Gasteiger charge is 2.41. The maximum atomic E-state index is 13.3. The second-order valence-electron chi connectivity index (χ2n) is 7.70. The fourth-order valence-corrected chi connectivity index (χ4v) is 4.06. The highest BCUT2D eigenvalue weighted by molar-refractivity contribution is 6.35. The molecule has 0 spiro atoms. The number of imide groups is 1. The van der Waals surface area contributed by atoms with Crippen LogP contribution in [0.2, 0.25) is 0 Å². The zero-order valence-electron chi connectivity index (χ0n) is 18.1. The van der Waals surface area contributed by atoms with Crippen molar-refractivity contribution in [3.05, 3.63) is 35.5 Å². The first-order valence-corrected chi connectivity index (χ1v) is 11.0. The third kappa shape index (κ3) is 4.84. The summed E-state index contributed by atoms with van der Waals surface area (Å²) >= 11 is 0. The summed E-state index contributed by atoms with van der Waals surface area (Å²) < 4.78 is 5.52. The van der Waals surface area contributed by atoms with E-state index in [-0.39, 0.29) is 18.4 Å². The fraction of sp³-hybridized carbons (Fsp3) is 0.565. The van der Waals surface area contributed by atoms with Crippen LogP contribution in [0.1, 0.15) is 38.7 Å². The van der Waals surface area contributed by atoms with Crippen molar-refractivity contribution < 1.29 is 19.4 Å². The van der Waals surface area contributed by atoms with Gasteiger partial charge < -0.3 is 14.7 Å². The minimum Gasteiger partial charge on any atom is -0.494 e. The second kappa shape index (κ2) is 10.6. The van der Waals surface area contributed by atoms with Crippen LogP contribution in [0.4, 0.5) is 0 Å². The molecule has 2 aliphatic heterocycles. The Hall–Kier alpha value is -2.38. The lowest BCUT2D eigenvalue weighted by Crippen LogP contribution is -2.48. The largest absolute Gasteiger partial charge is 0.494 e. The number of ether oxygens (including phenoxy) is 1. The van der Waals surface area contributed by atoms with Gasteiger partial charge in [-0.15, -0.1) is 0 Å². The lowest BCUT2D eigenvalue weighted by molar-refractivity contribution is -0.137. The van der Waals surface area contributed by atoms with Gasteiger partial charge in [0, 0.05) is 39.3 Å². The second-order valence-corrected chi connectivity index (χ2v) is 7.70. The van der Waals surface area contributed by atoms with Crippen LogP contribution in [0.5, 0.6) is 5.75 Å². The van der Waals surface area contributed by atoms with E-state index in [2.05, 4.69) is 11.8 Å². The predicted octanol–water partition coefficient (Wildman–Crippen LogP) is 1.97. The van der Waals surface area contributed by atoms with Crippen LogP contribution in [0.3, 0.4) is 0 Å². The van der Waals surface area contributed by atoms with Crippen molar-refractivity contribution in [3.8, 4) is 5.75 Å². The van der Waals surface area contributed by atoms with E-state index in [4.69, 9.17) is 4.74 Å². The normalized spacial score (nSPS) is 18.0. The van der Waals surface area contributed by atoms with E-state index in [0.717, 1.165) is 43.7 Å². The molecule has 1 fully saturated rings. The van der Waals surface area contributed by atoms with Crippen molar-refractivity contribution in [2.24, 2.45) is 0 Å². The molecule has 0 bridgehead atoms. The average molecular weight is 416 g/mol. The Morgan fingerprint density at radius 1 is 0.933 bits per heavy atom. The molecule has 0 unspecified atom stereocenters. The molecule has 0 aliphatic carbocycles. The Morgan fingerprint density at radius 2 is 1.63 bits per heavy atom. The summed E-state index contributed by atoms with van der Waals surface area (Å²) in [5.41, 5.74) is 1.77. The van der Waals surface area contributed by atoms with Gasteiger partial charge in [-0.1, -0.05) is 31.9 Å². The van der Waals surface area contributed by atoms with Crippen molar-refractivity contribution in [3.63, 3.8) is 0 Å². The third-order valence-electron chi connectivity index (χ3n) is 5.69. The van der Waals surface area contributed by atoms with E-state index in [0.29, 0.717) is 44.1 Å². The zero-order valence-corrected chi connectivity index (χ0v) is 18.1. The maximum absolute atomic E-state index is 13.3. The Morgan fingerprint density at radius 3 is 2.23 bits per heavy atom.